The zero-order chi connectivity index (χ0) is 19.5. The average Bonchev–Trinajstić information content (AvgIpc) is 3.07. The molecule has 1 heterocycles. The van der Waals surface area contributed by atoms with Crippen LogP contribution in [-0.4, -0.2) is 24.8 Å². The van der Waals surface area contributed by atoms with Gasteiger partial charge in [-0.2, -0.15) is 0 Å². The first-order chi connectivity index (χ1) is 13.1. The Kier molecular flexibility index (Phi) is 10.4. The summed E-state index contributed by atoms with van der Waals surface area (Å²) < 4.78 is 0. The van der Waals surface area contributed by atoms with Crippen molar-refractivity contribution in [3.63, 3.8) is 0 Å². The maximum atomic E-state index is 2.94. The van der Waals surface area contributed by atoms with Gasteiger partial charge in [-0.25, -0.2) is 0 Å². The lowest BCUT2D eigenvalue weighted by molar-refractivity contribution is 0.201. The third kappa shape index (κ3) is 7.21. The van der Waals surface area contributed by atoms with Crippen molar-refractivity contribution >= 4 is 14.5 Å². The molecule has 2 rings (SSSR count). The van der Waals surface area contributed by atoms with Crippen LogP contribution in [0.15, 0.2) is 11.2 Å². The van der Waals surface area contributed by atoms with Gasteiger partial charge in [-0.3, -0.25) is 0 Å². The number of allylic oxidation sites excluding steroid dienone is 2. The fraction of sp³-hybridized carbons (Fsp3) is 0.917. The van der Waals surface area contributed by atoms with E-state index in [1.807, 2.05) is 5.47 Å². The minimum atomic E-state index is 0.413. The molecule has 0 N–H and O–H groups in total. The molecule has 0 amide bonds. The smallest absolute Gasteiger partial charge is 0.202 e. The maximum Gasteiger partial charge on any atom is 0.202 e. The number of unbranched alkanes of at least 4 members (excludes halogenated alkanes) is 6. The molecule has 0 aromatic carbocycles. The normalized spacial score (nSPS) is 21.2. The molecule has 1 aliphatic carbocycles. The minimum Gasteiger partial charge on any atom is -0.424 e. The van der Waals surface area contributed by atoms with Crippen molar-refractivity contribution in [3.8, 4) is 0 Å². The van der Waals surface area contributed by atoms with Crippen LogP contribution in [0.1, 0.15) is 130 Å². The van der Waals surface area contributed by atoms with Crippen LogP contribution < -0.4 is 0 Å². The molecule has 0 aromatic heterocycles. The number of hydrogen-bond donors (Lipinski definition) is 0. The minimum absolute atomic E-state index is 0.413. The van der Waals surface area contributed by atoms with Crippen molar-refractivity contribution in [2.24, 2.45) is 5.92 Å². The lowest BCUT2D eigenvalue weighted by atomic mass is 9.43. The van der Waals surface area contributed by atoms with E-state index in [-0.39, 0.29) is 0 Å². The van der Waals surface area contributed by atoms with Gasteiger partial charge in [0.05, 0.1) is 0 Å². The summed E-state index contributed by atoms with van der Waals surface area (Å²) in [6.45, 7) is 9.78. The molecule has 1 aliphatic heterocycles. The van der Waals surface area contributed by atoms with Crippen LogP contribution in [0.4, 0.5) is 0 Å². The second-order valence-corrected chi connectivity index (χ2v) is 9.98. The van der Waals surface area contributed by atoms with E-state index in [1.54, 1.807) is 5.70 Å². The van der Waals surface area contributed by atoms with Gasteiger partial charge in [-0.15, -0.1) is 0 Å². The fourth-order valence-corrected chi connectivity index (χ4v) is 5.59. The predicted molar refractivity (Wildman–Crippen MR) is 126 cm³/mol. The molecule has 0 aromatic rings. The van der Waals surface area contributed by atoms with Gasteiger partial charge in [0.2, 0.25) is 7.31 Å². The van der Waals surface area contributed by atoms with E-state index < -0.39 is 0 Å². The Bertz CT molecular complexity index is 434. The van der Waals surface area contributed by atoms with Crippen LogP contribution >= 0.6 is 0 Å². The average molecular weight is 371 g/mol. The highest BCUT2D eigenvalue weighted by Crippen LogP contribution is 2.38. The molecule has 0 saturated carbocycles. The zero-order valence-electron chi connectivity index (χ0n) is 19.3. The molecular formula is C24H47B2N. The maximum absolute atomic E-state index is 2.94. The van der Waals surface area contributed by atoms with E-state index in [4.69, 9.17) is 0 Å². The Morgan fingerprint density at radius 3 is 2.22 bits per heavy atom. The summed E-state index contributed by atoms with van der Waals surface area (Å²) in [6.07, 6.45) is 22.6. The quantitative estimate of drug-likeness (QED) is 0.282. The molecule has 0 saturated heterocycles. The Balaban J connectivity index is 2.10. The SMILES string of the molecule is CCCCCCC(C)(CCCCCC)N1BBC2=C1CCCCCC(C)C2. The second-order valence-electron chi connectivity index (χ2n) is 9.98. The predicted octanol–water partition coefficient (Wildman–Crippen LogP) is 6.91. The van der Waals surface area contributed by atoms with E-state index in [9.17, 15) is 0 Å². The number of hydrogen-bond acceptors (Lipinski definition) is 1. The third-order valence-electron chi connectivity index (χ3n) is 7.37. The number of nitrogens with zero attached hydrogens (tertiary/aromatic N) is 1. The summed E-state index contributed by atoms with van der Waals surface area (Å²) in [5.74, 6) is 0.897. The van der Waals surface area contributed by atoms with Gasteiger partial charge in [-0.05, 0) is 50.6 Å². The first-order valence-electron chi connectivity index (χ1n) is 12.6. The largest absolute Gasteiger partial charge is 0.424 e. The Morgan fingerprint density at radius 2 is 1.59 bits per heavy atom. The Labute approximate surface area is 172 Å². The standard InChI is InChI=1S/C24H47B2N/c1-5-7-9-14-18-24(4,19-15-10-8-6-2)27-23-17-13-11-12-16-21(3)20-22(23)25-26-27/h21,25-26H,5-20H2,1-4H3. The highest BCUT2D eigenvalue weighted by atomic mass is 15.1. The van der Waals surface area contributed by atoms with Crippen molar-refractivity contribution in [3.05, 3.63) is 11.2 Å². The summed E-state index contributed by atoms with van der Waals surface area (Å²) in [6, 6.07) is 0. The summed E-state index contributed by atoms with van der Waals surface area (Å²) in [7, 11) is 2.68. The topological polar surface area (TPSA) is 3.24 Å². The van der Waals surface area contributed by atoms with Crippen molar-refractivity contribution in [2.45, 2.75) is 136 Å². The molecule has 1 unspecified atom stereocenters. The Hall–Kier alpha value is -0.330. The van der Waals surface area contributed by atoms with Crippen molar-refractivity contribution < 1.29 is 0 Å². The first-order valence-corrected chi connectivity index (χ1v) is 12.6. The lowest BCUT2D eigenvalue weighted by Gasteiger charge is -2.44. The Morgan fingerprint density at radius 1 is 0.926 bits per heavy atom. The van der Waals surface area contributed by atoms with Gasteiger partial charge in [0.1, 0.15) is 7.17 Å². The molecule has 154 valence electrons. The van der Waals surface area contributed by atoms with E-state index >= 15 is 0 Å². The molecule has 0 fully saturated rings. The number of rotatable bonds is 11. The van der Waals surface area contributed by atoms with Crippen molar-refractivity contribution in [2.75, 3.05) is 0 Å². The molecule has 2 aliphatic rings. The van der Waals surface area contributed by atoms with E-state index in [1.165, 1.54) is 117 Å². The molecule has 27 heavy (non-hydrogen) atoms. The van der Waals surface area contributed by atoms with Gasteiger partial charge in [0.15, 0.2) is 0 Å². The summed E-state index contributed by atoms with van der Waals surface area (Å²) in [4.78, 5) is 2.94. The molecule has 1 nitrogen and oxygen atoms in total. The first kappa shape index (κ1) is 23.0. The van der Waals surface area contributed by atoms with E-state index in [0.717, 1.165) is 5.92 Å². The van der Waals surface area contributed by atoms with E-state index in [0.29, 0.717) is 5.54 Å². The molecule has 3 heteroatoms. The van der Waals surface area contributed by atoms with E-state index in [2.05, 4.69) is 32.5 Å². The second kappa shape index (κ2) is 12.3. The van der Waals surface area contributed by atoms with Crippen LogP contribution in [0.3, 0.4) is 0 Å². The third-order valence-corrected chi connectivity index (χ3v) is 7.37. The van der Waals surface area contributed by atoms with Gasteiger partial charge in [-0.1, -0.05) is 96.9 Å². The highest BCUT2D eigenvalue weighted by Gasteiger charge is 2.37. The molecule has 0 spiro atoms. The van der Waals surface area contributed by atoms with Crippen LogP contribution in [0.5, 0.6) is 0 Å². The van der Waals surface area contributed by atoms with Crippen molar-refractivity contribution in [1.29, 1.82) is 0 Å². The summed E-state index contributed by atoms with van der Waals surface area (Å²) >= 11 is 0. The molecular weight excluding hydrogens is 324 g/mol. The van der Waals surface area contributed by atoms with Gasteiger partial charge in [0.25, 0.3) is 0 Å². The lowest BCUT2D eigenvalue weighted by Crippen LogP contribution is -2.46. The van der Waals surface area contributed by atoms with Crippen LogP contribution in [0.25, 0.3) is 0 Å². The van der Waals surface area contributed by atoms with Crippen LogP contribution in [0, 0.1) is 5.92 Å². The molecule has 0 bridgehead atoms. The zero-order valence-corrected chi connectivity index (χ0v) is 19.3. The van der Waals surface area contributed by atoms with Crippen LogP contribution in [-0.2, 0) is 0 Å². The fourth-order valence-electron chi connectivity index (χ4n) is 5.59. The van der Waals surface area contributed by atoms with Gasteiger partial charge < -0.3 is 4.81 Å². The molecule has 0 radical (unpaired) electrons. The van der Waals surface area contributed by atoms with Gasteiger partial charge in [0, 0.05) is 5.54 Å². The highest BCUT2D eigenvalue weighted by molar-refractivity contribution is 7.04. The summed E-state index contributed by atoms with van der Waals surface area (Å²) in [5, 5.41) is 0. The van der Waals surface area contributed by atoms with Gasteiger partial charge >= 0.3 is 0 Å². The van der Waals surface area contributed by atoms with Crippen LogP contribution in [0.2, 0.25) is 0 Å². The van der Waals surface area contributed by atoms with Crippen molar-refractivity contribution in [1.82, 2.24) is 4.81 Å². The molecule has 1 atom stereocenters. The monoisotopic (exact) mass is 371 g/mol. The summed E-state index contributed by atoms with van der Waals surface area (Å²) in [5.41, 5.74) is 4.06.